The van der Waals surface area contributed by atoms with Crippen LogP contribution in [0.15, 0.2) is 11.6 Å². The standard InChI is InChI=1S/C10H13N3O5/c1-5-2-6-3-12(8(5)9(11)16)10(17)13(6)18-4-7(14)15/h2,6,8H,3-4H2,1H3,(H2,11,16)(H,14,15)/t6-,8+/m1/s1. The van der Waals surface area contributed by atoms with Gasteiger partial charge in [-0.1, -0.05) is 6.08 Å². The number of primary amides is 1. The van der Waals surface area contributed by atoms with Crippen molar-refractivity contribution >= 4 is 17.9 Å². The fraction of sp³-hybridized carbons (Fsp3) is 0.500. The van der Waals surface area contributed by atoms with Gasteiger partial charge >= 0.3 is 12.0 Å². The van der Waals surface area contributed by atoms with E-state index in [-0.39, 0.29) is 12.6 Å². The molecule has 0 radical (unpaired) electrons. The van der Waals surface area contributed by atoms with Gasteiger partial charge in [0, 0.05) is 0 Å². The smallest absolute Gasteiger partial charge is 0.345 e. The van der Waals surface area contributed by atoms with E-state index in [2.05, 4.69) is 0 Å². The quantitative estimate of drug-likeness (QED) is 0.620. The molecule has 0 unspecified atom stereocenters. The van der Waals surface area contributed by atoms with Gasteiger partial charge in [-0.3, -0.25) is 9.63 Å². The number of carboxylic acids is 1. The summed E-state index contributed by atoms with van der Waals surface area (Å²) in [6.07, 6.45) is 1.69. The molecule has 0 aliphatic carbocycles. The van der Waals surface area contributed by atoms with Crippen LogP contribution < -0.4 is 5.73 Å². The van der Waals surface area contributed by atoms with Crippen LogP contribution in [0.4, 0.5) is 4.79 Å². The first-order chi connectivity index (χ1) is 8.41. The number of carbonyl (C=O) groups excluding carboxylic acids is 2. The van der Waals surface area contributed by atoms with Crippen molar-refractivity contribution in [3.8, 4) is 0 Å². The molecule has 2 heterocycles. The highest BCUT2D eigenvalue weighted by atomic mass is 16.7. The number of urea groups is 1. The van der Waals surface area contributed by atoms with Crippen LogP contribution in [0.1, 0.15) is 6.92 Å². The highest BCUT2D eigenvalue weighted by molar-refractivity contribution is 5.90. The predicted molar refractivity (Wildman–Crippen MR) is 58.1 cm³/mol. The molecule has 0 spiro atoms. The Morgan fingerprint density at radius 2 is 2.28 bits per heavy atom. The lowest BCUT2D eigenvalue weighted by Crippen LogP contribution is -2.48. The van der Waals surface area contributed by atoms with Crippen LogP contribution in [0.2, 0.25) is 0 Å². The van der Waals surface area contributed by atoms with Gasteiger partial charge in [0.15, 0.2) is 6.61 Å². The second-order valence-corrected chi connectivity index (χ2v) is 4.21. The minimum atomic E-state index is -1.17. The number of amides is 3. The van der Waals surface area contributed by atoms with Crippen LogP contribution in [0.25, 0.3) is 0 Å². The van der Waals surface area contributed by atoms with E-state index in [1.165, 1.54) is 4.90 Å². The molecule has 2 rings (SSSR count). The maximum atomic E-state index is 12.0. The molecule has 2 aliphatic rings. The van der Waals surface area contributed by atoms with E-state index in [4.69, 9.17) is 15.7 Å². The van der Waals surface area contributed by atoms with Gasteiger partial charge < -0.3 is 15.7 Å². The Kier molecular flexibility index (Phi) is 2.95. The van der Waals surface area contributed by atoms with Gasteiger partial charge in [-0.2, -0.15) is 5.06 Å². The first-order valence-corrected chi connectivity index (χ1v) is 5.34. The van der Waals surface area contributed by atoms with Gasteiger partial charge in [0.05, 0.1) is 12.6 Å². The molecular weight excluding hydrogens is 242 g/mol. The van der Waals surface area contributed by atoms with Crippen LogP contribution in [-0.4, -0.2) is 58.2 Å². The molecule has 3 N–H and O–H groups in total. The summed E-state index contributed by atoms with van der Waals surface area (Å²) in [6, 6.07) is -1.71. The lowest BCUT2D eigenvalue weighted by molar-refractivity contribution is -0.164. The van der Waals surface area contributed by atoms with E-state index in [0.29, 0.717) is 5.57 Å². The summed E-state index contributed by atoms with van der Waals surface area (Å²) in [7, 11) is 0. The third-order valence-corrected chi connectivity index (χ3v) is 2.91. The Morgan fingerprint density at radius 3 is 2.83 bits per heavy atom. The normalized spacial score (nSPS) is 26.3. The summed E-state index contributed by atoms with van der Waals surface area (Å²) in [6.45, 7) is 1.36. The molecule has 18 heavy (non-hydrogen) atoms. The molecule has 0 aromatic heterocycles. The van der Waals surface area contributed by atoms with Gasteiger partial charge in [-0.05, 0) is 12.5 Å². The van der Waals surface area contributed by atoms with Gasteiger partial charge in [-0.25, -0.2) is 9.59 Å². The summed E-state index contributed by atoms with van der Waals surface area (Å²) in [4.78, 5) is 39.9. The predicted octanol–water partition coefficient (Wildman–Crippen LogP) is -1.08. The Balaban J connectivity index is 2.19. The number of carboxylic acid groups (broad SMARTS) is 1. The zero-order valence-electron chi connectivity index (χ0n) is 9.70. The summed E-state index contributed by atoms with van der Waals surface area (Å²) in [5.74, 6) is -1.79. The molecule has 8 heteroatoms. The number of nitrogens with zero attached hydrogens (tertiary/aromatic N) is 2. The molecule has 2 atom stereocenters. The minimum Gasteiger partial charge on any atom is -0.479 e. The van der Waals surface area contributed by atoms with Crippen LogP contribution >= 0.6 is 0 Å². The average molecular weight is 255 g/mol. The molecule has 0 aromatic rings. The Labute approximate surface area is 103 Å². The first-order valence-electron chi connectivity index (χ1n) is 5.34. The van der Waals surface area contributed by atoms with Crippen molar-refractivity contribution in [2.75, 3.05) is 13.2 Å². The number of aliphatic carboxylic acids is 1. The van der Waals surface area contributed by atoms with E-state index >= 15 is 0 Å². The first kappa shape index (κ1) is 12.4. The van der Waals surface area contributed by atoms with Gasteiger partial charge in [0.2, 0.25) is 5.91 Å². The number of hydrogen-bond donors (Lipinski definition) is 2. The number of rotatable bonds is 4. The maximum Gasteiger partial charge on any atom is 0.345 e. The monoisotopic (exact) mass is 255 g/mol. The largest absolute Gasteiger partial charge is 0.479 e. The average Bonchev–Trinajstić information content (AvgIpc) is 2.49. The van der Waals surface area contributed by atoms with Crippen LogP contribution in [-0.2, 0) is 14.4 Å². The van der Waals surface area contributed by atoms with Crippen molar-refractivity contribution in [2.24, 2.45) is 5.73 Å². The molecule has 98 valence electrons. The topological polar surface area (TPSA) is 113 Å². The van der Waals surface area contributed by atoms with E-state index in [1.54, 1.807) is 13.0 Å². The number of fused-ring (bicyclic) bond motifs is 2. The van der Waals surface area contributed by atoms with Crippen molar-refractivity contribution in [1.29, 1.82) is 0 Å². The lowest BCUT2D eigenvalue weighted by Gasteiger charge is -2.27. The van der Waals surface area contributed by atoms with Crippen molar-refractivity contribution in [2.45, 2.75) is 19.0 Å². The summed E-state index contributed by atoms with van der Waals surface area (Å²) in [5, 5.41) is 9.50. The molecular formula is C10H13N3O5. The molecule has 8 nitrogen and oxygen atoms in total. The van der Waals surface area contributed by atoms with Crippen molar-refractivity contribution < 1.29 is 24.3 Å². The summed E-state index contributed by atoms with van der Waals surface area (Å²) >= 11 is 0. The highest BCUT2D eigenvalue weighted by Gasteiger charge is 2.46. The Bertz CT molecular complexity index is 447. The molecule has 0 aromatic carbocycles. The van der Waals surface area contributed by atoms with Gasteiger partial charge in [0.1, 0.15) is 6.04 Å². The Hall–Kier alpha value is -2.09. The summed E-state index contributed by atoms with van der Waals surface area (Å²) < 4.78 is 0. The molecule has 3 amide bonds. The summed E-state index contributed by atoms with van der Waals surface area (Å²) in [5.41, 5.74) is 5.91. The maximum absolute atomic E-state index is 12.0. The SMILES string of the molecule is CC1=C[C@@H]2CN(C(=O)N2OCC(=O)O)[C@@H]1C(N)=O. The fourth-order valence-electron chi connectivity index (χ4n) is 2.25. The third-order valence-electron chi connectivity index (χ3n) is 2.91. The van der Waals surface area contributed by atoms with Gasteiger partial charge in [-0.15, -0.1) is 0 Å². The highest BCUT2D eigenvalue weighted by Crippen LogP contribution is 2.29. The van der Waals surface area contributed by atoms with E-state index in [1.807, 2.05) is 0 Å². The van der Waals surface area contributed by atoms with Crippen molar-refractivity contribution in [3.05, 3.63) is 11.6 Å². The minimum absolute atomic E-state index is 0.267. The zero-order chi connectivity index (χ0) is 13.4. The zero-order valence-corrected chi connectivity index (χ0v) is 9.70. The number of nitrogens with two attached hydrogens (primary N) is 1. The Morgan fingerprint density at radius 1 is 1.61 bits per heavy atom. The van der Waals surface area contributed by atoms with Crippen LogP contribution in [0.3, 0.4) is 0 Å². The van der Waals surface area contributed by atoms with Gasteiger partial charge in [0.25, 0.3) is 0 Å². The molecule has 0 saturated carbocycles. The molecule has 2 bridgehead atoms. The van der Waals surface area contributed by atoms with E-state index < -0.39 is 30.6 Å². The lowest BCUT2D eigenvalue weighted by atomic mass is 10.0. The number of carbonyl (C=O) groups is 3. The number of hydrogen-bond acceptors (Lipinski definition) is 4. The fourth-order valence-corrected chi connectivity index (χ4v) is 2.25. The molecule has 2 aliphatic heterocycles. The van der Waals surface area contributed by atoms with Crippen LogP contribution in [0, 0.1) is 0 Å². The molecule has 1 fully saturated rings. The second kappa shape index (κ2) is 4.30. The molecule has 1 saturated heterocycles. The van der Waals surface area contributed by atoms with Crippen molar-refractivity contribution in [3.63, 3.8) is 0 Å². The van der Waals surface area contributed by atoms with E-state index in [9.17, 15) is 14.4 Å². The van der Waals surface area contributed by atoms with Crippen LogP contribution in [0.5, 0.6) is 0 Å². The van der Waals surface area contributed by atoms with E-state index in [0.717, 1.165) is 5.06 Å². The second-order valence-electron chi connectivity index (χ2n) is 4.21. The number of hydroxylamine groups is 2. The third kappa shape index (κ3) is 1.90. The van der Waals surface area contributed by atoms with Crippen molar-refractivity contribution in [1.82, 2.24) is 9.96 Å².